The molecule has 0 amide bonds. The Bertz CT molecular complexity index is 826. The number of fused-ring (bicyclic) bond motifs is 1. The van der Waals surface area contributed by atoms with Crippen LogP contribution >= 0.6 is 39.1 Å². The van der Waals surface area contributed by atoms with E-state index in [1.54, 1.807) is 30.5 Å². The summed E-state index contributed by atoms with van der Waals surface area (Å²) in [6, 6.07) is 10.6. The number of rotatable bonds is 2. The van der Waals surface area contributed by atoms with Gasteiger partial charge in [0.25, 0.3) is 0 Å². The van der Waals surface area contributed by atoms with E-state index in [0.717, 1.165) is 10.9 Å². The molecule has 0 aliphatic carbocycles. The molecule has 0 aliphatic heterocycles. The number of ketones is 1. The zero-order chi connectivity index (χ0) is 14.3. The fourth-order valence-electron chi connectivity index (χ4n) is 2.14. The molecule has 1 aromatic heterocycles. The molecular formula is C15H8BrCl2NO. The second-order valence-electron chi connectivity index (χ2n) is 4.32. The number of H-pyrrole nitrogens is 1. The van der Waals surface area contributed by atoms with Gasteiger partial charge in [0, 0.05) is 37.7 Å². The largest absolute Gasteiger partial charge is 0.360 e. The van der Waals surface area contributed by atoms with Gasteiger partial charge in [0.05, 0.1) is 5.02 Å². The molecule has 0 saturated heterocycles. The maximum atomic E-state index is 12.7. The Morgan fingerprint density at radius 2 is 1.90 bits per heavy atom. The molecule has 0 bridgehead atoms. The molecule has 2 aromatic carbocycles. The highest BCUT2D eigenvalue weighted by Crippen LogP contribution is 2.30. The van der Waals surface area contributed by atoms with Gasteiger partial charge >= 0.3 is 0 Å². The minimum absolute atomic E-state index is 0.104. The van der Waals surface area contributed by atoms with E-state index in [4.69, 9.17) is 23.2 Å². The number of hydrogen-bond acceptors (Lipinski definition) is 1. The Labute approximate surface area is 133 Å². The number of benzene rings is 2. The summed E-state index contributed by atoms with van der Waals surface area (Å²) < 4.78 is 0.663. The van der Waals surface area contributed by atoms with Gasteiger partial charge in [0.2, 0.25) is 0 Å². The molecule has 0 atom stereocenters. The minimum atomic E-state index is -0.104. The van der Waals surface area contributed by atoms with Gasteiger partial charge in [-0.05, 0) is 46.3 Å². The van der Waals surface area contributed by atoms with E-state index < -0.39 is 0 Å². The van der Waals surface area contributed by atoms with Gasteiger partial charge in [-0.15, -0.1) is 0 Å². The first-order valence-corrected chi connectivity index (χ1v) is 7.38. The Morgan fingerprint density at radius 3 is 2.65 bits per heavy atom. The standard InChI is InChI=1S/C15H8BrCl2NO/c16-11-6-8(17)4-5-9(11)15(20)10-7-19-13-3-1-2-12(18)14(10)13/h1-7,19H. The SMILES string of the molecule is O=C(c1ccc(Cl)cc1Br)c1c[nH]c2cccc(Cl)c12. The lowest BCUT2D eigenvalue weighted by Gasteiger charge is -2.04. The molecule has 20 heavy (non-hydrogen) atoms. The van der Waals surface area contributed by atoms with Gasteiger partial charge < -0.3 is 4.98 Å². The highest BCUT2D eigenvalue weighted by molar-refractivity contribution is 9.10. The van der Waals surface area contributed by atoms with Crippen LogP contribution in [0.4, 0.5) is 0 Å². The summed E-state index contributed by atoms with van der Waals surface area (Å²) in [4.78, 5) is 15.7. The van der Waals surface area contributed by atoms with E-state index in [-0.39, 0.29) is 5.78 Å². The lowest BCUT2D eigenvalue weighted by atomic mass is 10.0. The quantitative estimate of drug-likeness (QED) is 0.598. The van der Waals surface area contributed by atoms with Crippen LogP contribution in [0.2, 0.25) is 10.0 Å². The Hall–Kier alpha value is -1.29. The predicted octanol–water partition coefficient (Wildman–Crippen LogP) is 5.47. The van der Waals surface area contributed by atoms with Crippen molar-refractivity contribution >= 4 is 55.8 Å². The van der Waals surface area contributed by atoms with Crippen molar-refractivity contribution in [1.82, 2.24) is 4.98 Å². The molecule has 2 nitrogen and oxygen atoms in total. The van der Waals surface area contributed by atoms with Crippen LogP contribution in [0.1, 0.15) is 15.9 Å². The van der Waals surface area contributed by atoms with Gasteiger partial charge in [0.15, 0.2) is 5.78 Å². The van der Waals surface area contributed by atoms with Crippen LogP contribution in [-0.2, 0) is 0 Å². The first-order valence-electron chi connectivity index (χ1n) is 5.83. The van der Waals surface area contributed by atoms with Crippen molar-refractivity contribution < 1.29 is 4.79 Å². The summed E-state index contributed by atoms with van der Waals surface area (Å²) in [5, 5.41) is 1.86. The van der Waals surface area contributed by atoms with E-state index in [0.29, 0.717) is 25.6 Å². The second-order valence-corrected chi connectivity index (χ2v) is 6.02. The van der Waals surface area contributed by atoms with Crippen LogP contribution in [-0.4, -0.2) is 10.8 Å². The molecule has 0 radical (unpaired) electrons. The van der Waals surface area contributed by atoms with Crippen LogP contribution in [0.3, 0.4) is 0 Å². The normalized spacial score (nSPS) is 10.9. The van der Waals surface area contributed by atoms with Crippen molar-refractivity contribution in [3.05, 3.63) is 68.2 Å². The summed E-state index contributed by atoms with van der Waals surface area (Å²) in [7, 11) is 0. The van der Waals surface area contributed by atoms with E-state index in [1.165, 1.54) is 0 Å². The molecule has 100 valence electrons. The van der Waals surface area contributed by atoms with Gasteiger partial charge in [-0.25, -0.2) is 0 Å². The van der Waals surface area contributed by atoms with Crippen molar-refractivity contribution in [1.29, 1.82) is 0 Å². The maximum Gasteiger partial charge on any atom is 0.196 e. The molecule has 3 rings (SSSR count). The van der Waals surface area contributed by atoms with Gasteiger partial charge in [-0.1, -0.05) is 29.3 Å². The molecule has 0 unspecified atom stereocenters. The molecule has 1 heterocycles. The van der Waals surface area contributed by atoms with E-state index in [1.807, 2.05) is 12.1 Å². The summed E-state index contributed by atoms with van der Waals surface area (Å²) in [6.07, 6.45) is 1.68. The molecule has 0 aliphatic rings. The van der Waals surface area contributed by atoms with Crippen molar-refractivity contribution in [3.63, 3.8) is 0 Å². The fraction of sp³-hybridized carbons (Fsp3) is 0. The highest BCUT2D eigenvalue weighted by atomic mass is 79.9. The molecule has 0 fully saturated rings. The number of hydrogen-bond donors (Lipinski definition) is 1. The lowest BCUT2D eigenvalue weighted by Crippen LogP contribution is -2.01. The summed E-state index contributed by atoms with van der Waals surface area (Å²) in [6.45, 7) is 0. The Balaban J connectivity index is 2.18. The van der Waals surface area contributed by atoms with E-state index in [9.17, 15) is 4.79 Å². The average Bonchev–Trinajstić information content (AvgIpc) is 2.83. The average molecular weight is 369 g/mol. The predicted molar refractivity (Wildman–Crippen MR) is 85.9 cm³/mol. The maximum absolute atomic E-state index is 12.7. The number of nitrogens with one attached hydrogen (secondary N) is 1. The molecule has 5 heteroatoms. The van der Waals surface area contributed by atoms with Crippen molar-refractivity contribution in [2.75, 3.05) is 0 Å². The van der Waals surface area contributed by atoms with Gasteiger partial charge in [0.1, 0.15) is 0 Å². The van der Waals surface area contributed by atoms with E-state index >= 15 is 0 Å². The van der Waals surface area contributed by atoms with Crippen LogP contribution < -0.4 is 0 Å². The smallest absolute Gasteiger partial charge is 0.196 e. The number of carbonyl (C=O) groups is 1. The molecule has 0 saturated carbocycles. The lowest BCUT2D eigenvalue weighted by molar-refractivity contribution is 0.103. The van der Waals surface area contributed by atoms with Crippen molar-refractivity contribution in [2.45, 2.75) is 0 Å². The third kappa shape index (κ3) is 2.26. The number of aromatic amines is 1. The number of halogens is 3. The van der Waals surface area contributed by atoms with Gasteiger partial charge in [-0.3, -0.25) is 4.79 Å². The van der Waals surface area contributed by atoms with Gasteiger partial charge in [-0.2, -0.15) is 0 Å². The monoisotopic (exact) mass is 367 g/mol. The molecule has 3 aromatic rings. The minimum Gasteiger partial charge on any atom is -0.360 e. The van der Waals surface area contributed by atoms with Crippen LogP contribution in [0.25, 0.3) is 10.9 Å². The van der Waals surface area contributed by atoms with Crippen LogP contribution in [0, 0.1) is 0 Å². The van der Waals surface area contributed by atoms with Crippen LogP contribution in [0.15, 0.2) is 47.1 Å². The zero-order valence-electron chi connectivity index (χ0n) is 10.1. The van der Waals surface area contributed by atoms with E-state index in [2.05, 4.69) is 20.9 Å². The second kappa shape index (κ2) is 5.24. The Kier molecular flexibility index (Phi) is 3.59. The number of carbonyl (C=O) groups excluding carboxylic acids is 1. The summed E-state index contributed by atoms with van der Waals surface area (Å²) in [5.74, 6) is -0.104. The molecule has 0 spiro atoms. The third-order valence-corrected chi connectivity index (χ3v) is 4.28. The first kappa shape index (κ1) is 13.7. The topological polar surface area (TPSA) is 32.9 Å². The molecule has 1 N–H and O–H groups in total. The zero-order valence-corrected chi connectivity index (χ0v) is 13.2. The van der Waals surface area contributed by atoms with Crippen LogP contribution in [0.5, 0.6) is 0 Å². The summed E-state index contributed by atoms with van der Waals surface area (Å²) >= 11 is 15.5. The fourth-order valence-corrected chi connectivity index (χ4v) is 3.28. The van der Waals surface area contributed by atoms with Crippen molar-refractivity contribution in [2.24, 2.45) is 0 Å². The highest BCUT2D eigenvalue weighted by Gasteiger charge is 2.18. The number of aromatic nitrogens is 1. The summed E-state index contributed by atoms with van der Waals surface area (Å²) in [5.41, 5.74) is 1.94. The Morgan fingerprint density at radius 1 is 1.10 bits per heavy atom. The third-order valence-electron chi connectivity index (χ3n) is 3.08. The molecular weight excluding hydrogens is 361 g/mol. The first-order chi connectivity index (χ1) is 9.58. The van der Waals surface area contributed by atoms with Crippen molar-refractivity contribution in [3.8, 4) is 0 Å².